The van der Waals surface area contributed by atoms with Crippen molar-refractivity contribution in [3.05, 3.63) is 72.2 Å². The molecule has 18 heteroatoms. The molecule has 17 nitrogen and oxygen atoms in total. The van der Waals surface area contributed by atoms with Crippen LogP contribution in [0, 0.1) is 6.92 Å². The molecule has 4 atom stereocenters. The first-order valence-electron chi connectivity index (χ1n) is 13.0. The summed E-state index contributed by atoms with van der Waals surface area (Å²) in [7, 11) is -4.70. The quantitative estimate of drug-likeness (QED) is 0.153. The van der Waals surface area contributed by atoms with Crippen LogP contribution in [-0.4, -0.2) is 89.1 Å². The number of fused-ring (bicyclic) bond motifs is 1. The minimum atomic E-state index is -4.70. The first-order chi connectivity index (χ1) is 21.0. The Morgan fingerprint density at radius 3 is 2.61 bits per heavy atom. The van der Waals surface area contributed by atoms with Gasteiger partial charge < -0.3 is 25.8 Å². The first kappa shape index (κ1) is 29.1. The summed E-state index contributed by atoms with van der Waals surface area (Å²) in [5, 5.41) is 39.5. The highest BCUT2D eigenvalue weighted by Gasteiger charge is 2.45. The summed E-state index contributed by atoms with van der Waals surface area (Å²) >= 11 is 0. The van der Waals surface area contributed by atoms with E-state index in [9.17, 15) is 28.5 Å². The number of phenols is 1. The topological polar surface area (TPSA) is 243 Å². The van der Waals surface area contributed by atoms with E-state index in [1.54, 1.807) is 10.9 Å². The molecule has 3 aromatic heterocycles. The molecule has 0 bridgehead atoms. The molecule has 1 amide bonds. The number of aromatic hydroxyl groups is 1. The lowest BCUT2D eigenvalue weighted by molar-refractivity contribution is -0.0468. The molecule has 0 saturated carbocycles. The van der Waals surface area contributed by atoms with Gasteiger partial charge in [0.15, 0.2) is 17.7 Å². The number of carbonyl (C=O) groups is 1. The molecule has 0 radical (unpaired) electrons. The summed E-state index contributed by atoms with van der Waals surface area (Å²) in [6, 6.07) is 13.0. The maximum absolute atomic E-state index is 12.4. The molecule has 1 fully saturated rings. The molecule has 44 heavy (non-hydrogen) atoms. The molecule has 1 aliphatic rings. The van der Waals surface area contributed by atoms with Crippen molar-refractivity contribution in [2.24, 2.45) is 0 Å². The van der Waals surface area contributed by atoms with Crippen molar-refractivity contribution in [3.8, 4) is 23.0 Å². The Labute approximate surface area is 248 Å². The smallest absolute Gasteiger partial charge is 0.362 e. The van der Waals surface area contributed by atoms with Crippen LogP contribution < -0.4 is 10.5 Å². The number of benzene rings is 2. The largest absolute Gasteiger partial charge is 0.507 e. The van der Waals surface area contributed by atoms with Gasteiger partial charge in [-0.15, -0.1) is 5.10 Å². The number of carbonyl (C=O) groups excluding carboxylic acids is 1. The maximum Gasteiger partial charge on any atom is 0.362 e. The number of para-hydroxylation sites is 1. The third-order valence-electron chi connectivity index (χ3n) is 6.85. The second-order valence-electron chi connectivity index (χ2n) is 9.88. The van der Waals surface area contributed by atoms with Crippen LogP contribution in [0.4, 0.5) is 5.82 Å². The van der Waals surface area contributed by atoms with E-state index in [4.69, 9.17) is 14.7 Å². The third-order valence-corrected chi connectivity index (χ3v) is 7.73. The summed E-state index contributed by atoms with van der Waals surface area (Å²) in [5.41, 5.74) is 8.62. The Bertz CT molecular complexity index is 1960. The number of hydrogen-bond acceptors (Lipinski definition) is 14. The molecule has 4 heterocycles. The first-order valence-corrected chi connectivity index (χ1v) is 14.4. The molecular weight excluding hydrogens is 598 g/mol. The fourth-order valence-corrected chi connectivity index (χ4v) is 5.26. The molecule has 0 aliphatic carbocycles. The number of aliphatic hydroxyl groups excluding tert-OH is 2. The average Bonchev–Trinajstić information content (AvgIpc) is 3.71. The summed E-state index contributed by atoms with van der Waals surface area (Å²) in [6.45, 7) is 1.20. The number of anilines is 1. The van der Waals surface area contributed by atoms with Crippen LogP contribution in [-0.2, 0) is 19.2 Å². The molecule has 0 unspecified atom stereocenters. The SMILES string of the molecule is Cc1ccc(-c2cn(-c3nc(N)c4ncn([C@H]5O[C@@H](COS(=O)(=O)NC(=O)c6ccccc6O)[C@H](O)[C@@H]5O)c4n3)nn2)cc1. The molecule has 6 rings (SSSR count). The molecule has 0 spiro atoms. The van der Waals surface area contributed by atoms with Gasteiger partial charge in [-0.3, -0.25) is 13.5 Å². The second-order valence-corrected chi connectivity index (χ2v) is 11.2. The van der Waals surface area contributed by atoms with Crippen LogP contribution in [0.5, 0.6) is 5.75 Å². The Kier molecular flexibility index (Phi) is 7.43. The zero-order chi connectivity index (χ0) is 31.2. The lowest BCUT2D eigenvalue weighted by atomic mass is 10.1. The van der Waals surface area contributed by atoms with Crippen LogP contribution in [0.3, 0.4) is 0 Å². The Morgan fingerprint density at radius 1 is 1.11 bits per heavy atom. The number of nitrogen functional groups attached to an aromatic ring is 1. The lowest BCUT2D eigenvalue weighted by Crippen LogP contribution is -2.37. The molecule has 5 aromatic rings. The minimum Gasteiger partial charge on any atom is -0.507 e. The van der Waals surface area contributed by atoms with E-state index in [1.165, 1.54) is 39.8 Å². The fourth-order valence-electron chi connectivity index (χ4n) is 4.55. The fraction of sp³-hybridized carbons (Fsp3) is 0.231. The highest BCUT2D eigenvalue weighted by atomic mass is 32.2. The molecule has 6 N–H and O–H groups in total. The Hall–Kier alpha value is -5.01. The van der Waals surface area contributed by atoms with E-state index in [0.29, 0.717) is 5.69 Å². The van der Waals surface area contributed by atoms with E-state index in [2.05, 4.69) is 25.3 Å². The van der Waals surface area contributed by atoms with Crippen LogP contribution in [0.15, 0.2) is 61.1 Å². The van der Waals surface area contributed by atoms with Gasteiger partial charge in [0.1, 0.15) is 35.3 Å². The van der Waals surface area contributed by atoms with E-state index in [-0.39, 0.29) is 28.5 Å². The molecular formula is C26H25N9O8S. The van der Waals surface area contributed by atoms with E-state index < -0.39 is 53.1 Å². The number of imidazole rings is 1. The normalized spacial score (nSPS) is 20.2. The zero-order valence-electron chi connectivity index (χ0n) is 22.8. The van der Waals surface area contributed by atoms with E-state index in [0.717, 1.165) is 11.1 Å². The monoisotopic (exact) mass is 623 g/mol. The predicted octanol–water partition coefficient (Wildman–Crippen LogP) is -0.0192. The zero-order valence-corrected chi connectivity index (χ0v) is 23.6. The molecule has 1 saturated heterocycles. The summed E-state index contributed by atoms with van der Waals surface area (Å²) in [4.78, 5) is 25.2. The van der Waals surface area contributed by atoms with Crippen LogP contribution in [0.25, 0.3) is 28.4 Å². The number of aliphatic hydroxyl groups is 2. The van der Waals surface area contributed by atoms with Crippen molar-refractivity contribution in [1.82, 2.24) is 39.2 Å². The van der Waals surface area contributed by atoms with Crippen molar-refractivity contribution < 1.29 is 37.5 Å². The van der Waals surface area contributed by atoms with Gasteiger partial charge in [-0.1, -0.05) is 47.2 Å². The van der Waals surface area contributed by atoms with Crippen LogP contribution in [0.2, 0.25) is 0 Å². The van der Waals surface area contributed by atoms with Gasteiger partial charge in [-0.25, -0.2) is 9.71 Å². The minimum absolute atomic E-state index is 0.00431. The maximum atomic E-state index is 12.4. The second kappa shape index (κ2) is 11.2. The summed E-state index contributed by atoms with van der Waals surface area (Å²) < 4.78 is 39.6. The van der Waals surface area contributed by atoms with E-state index >= 15 is 0 Å². The van der Waals surface area contributed by atoms with Gasteiger partial charge >= 0.3 is 10.3 Å². The predicted molar refractivity (Wildman–Crippen MR) is 151 cm³/mol. The number of ether oxygens (including phenoxy) is 1. The standard InChI is InChI=1S/C26H25N9O8S/c1-13-6-8-14(9-7-13)16-10-35(33-31-16)26-29-22(27)19-23(30-26)34(12-28-19)25-21(38)20(37)18(43-25)11-42-44(40,41)32-24(39)15-4-2-3-5-17(15)36/h2-10,12,18,20-21,25,36-38H,11H2,1H3,(H,32,39)(H2,27,29,30)/t18-,20-,21-,25-/m0/s1. The molecule has 228 valence electrons. The number of phenolic OH excluding ortho intramolecular Hbond substituents is 1. The number of amides is 1. The third kappa shape index (κ3) is 5.54. The van der Waals surface area contributed by atoms with Crippen molar-refractivity contribution in [3.63, 3.8) is 0 Å². The van der Waals surface area contributed by atoms with Crippen molar-refractivity contribution in [2.45, 2.75) is 31.5 Å². The summed E-state index contributed by atoms with van der Waals surface area (Å²) in [6.07, 6.45) is -2.93. The number of hydrogen-bond donors (Lipinski definition) is 5. The number of nitrogens with two attached hydrogens (primary N) is 1. The van der Waals surface area contributed by atoms with Gasteiger partial charge in [0.25, 0.3) is 11.9 Å². The average molecular weight is 624 g/mol. The molecule has 2 aromatic carbocycles. The van der Waals surface area contributed by atoms with Gasteiger partial charge in [-0.2, -0.15) is 23.1 Å². The van der Waals surface area contributed by atoms with Gasteiger partial charge in [0.2, 0.25) is 0 Å². The summed E-state index contributed by atoms with van der Waals surface area (Å²) in [5.74, 6) is -1.53. The number of aromatic nitrogens is 7. The number of nitrogens with one attached hydrogen (secondary N) is 1. The highest BCUT2D eigenvalue weighted by molar-refractivity contribution is 7.85. The van der Waals surface area contributed by atoms with Crippen molar-refractivity contribution in [2.75, 3.05) is 12.3 Å². The van der Waals surface area contributed by atoms with Crippen LogP contribution >= 0.6 is 0 Å². The Morgan fingerprint density at radius 2 is 1.86 bits per heavy atom. The van der Waals surface area contributed by atoms with Crippen molar-refractivity contribution in [1.29, 1.82) is 0 Å². The highest BCUT2D eigenvalue weighted by Crippen LogP contribution is 2.33. The molecule has 1 aliphatic heterocycles. The van der Waals surface area contributed by atoms with Gasteiger partial charge in [0, 0.05) is 5.56 Å². The number of rotatable bonds is 8. The van der Waals surface area contributed by atoms with E-state index in [1.807, 2.05) is 31.2 Å². The van der Waals surface area contributed by atoms with Gasteiger partial charge in [0.05, 0.1) is 24.7 Å². The number of nitrogens with zero attached hydrogens (tertiary/aromatic N) is 7. The van der Waals surface area contributed by atoms with Crippen LogP contribution in [0.1, 0.15) is 22.1 Å². The number of aryl methyl sites for hydroxylation is 1. The van der Waals surface area contributed by atoms with Crippen molar-refractivity contribution >= 4 is 33.2 Å². The lowest BCUT2D eigenvalue weighted by Gasteiger charge is -2.16. The Balaban J connectivity index is 1.20. The van der Waals surface area contributed by atoms with Gasteiger partial charge in [-0.05, 0) is 19.1 Å².